The van der Waals surface area contributed by atoms with Gasteiger partial charge in [-0.15, -0.1) is 12.4 Å². The number of hydrogen-bond donors (Lipinski definition) is 2. The Morgan fingerprint density at radius 2 is 1.69 bits per heavy atom. The Morgan fingerprint density at radius 3 is 2.12 bits per heavy atom. The van der Waals surface area contributed by atoms with E-state index >= 15 is 0 Å². The van der Waals surface area contributed by atoms with Crippen molar-refractivity contribution in [2.75, 3.05) is 0 Å². The third-order valence-electron chi connectivity index (χ3n) is 2.08. The fourth-order valence-electron chi connectivity index (χ4n) is 1.19. The minimum Gasteiger partial charge on any atom is -0.388 e. The van der Waals surface area contributed by atoms with E-state index in [9.17, 15) is 18.3 Å². The van der Waals surface area contributed by atoms with Crippen LogP contribution in [0.3, 0.4) is 0 Å². The molecule has 1 rings (SSSR count). The molecule has 0 amide bonds. The Bertz CT molecular complexity index is 305. The molecule has 0 aromatic heterocycles. The molecule has 0 aliphatic carbocycles. The van der Waals surface area contributed by atoms with Crippen LogP contribution in [0.2, 0.25) is 0 Å². The van der Waals surface area contributed by atoms with E-state index in [4.69, 9.17) is 5.73 Å². The smallest absolute Gasteiger partial charge is 0.388 e. The van der Waals surface area contributed by atoms with E-state index in [1.54, 1.807) is 30.3 Å². The summed E-state index contributed by atoms with van der Waals surface area (Å²) in [6, 6.07) is 6.16. The van der Waals surface area contributed by atoms with Crippen LogP contribution in [-0.2, 0) is 0 Å². The maximum absolute atomic E-state index is 12.1. The highest BCUT2D eigenvalue weighted by atomic mass is 35.5. The summed E-state index contributed by atoms with van der Waals surface area (Å²) in [5, 5.41) is 9.47. The van der Waals surface area contributed by atoms with E-state index in [1.165, 1.54) is 0 Å². The zero-order valence-corrected chi connectivity index (χ0v) is 9.13. The molecule has 16 heavy (non-hydrogen) atoms. The Morgan fingerprint density at radius 1 is 1.19 bits per heavy atom. The molecule has 0 bridgehead atoms. The summed E-state index contributed by atoms with van der Waals surface area (Å²) in [4.78, 5) is 0. The number of aliphatic hydroxyl groups is 1. The van der Waals surface area contributed by atoms with Crippen molar-refractivity contribution in [2.45, 2.75) is 24.7 Å². The molecule has 1 aromatic rings. The number of hydrogen-bond acceptors (Lipinski definition) is 2. The Kier molecular flexibility index (Phi) is 5.78. The number of rotatable bonds is 3. The molecule has 0 aliphatic rings. The maximum atomic E-state index is 12.1. The van der Waals surface area contributed by atoms with Gasteiger partial charge in [0.25, 0.3) is 0 Å². The van der Waals surface area contributed by atoms with E-state index in [-0.39, 0.29) is 12.4 Å². The first-order chi connectivity index (χ1) is 6.91. The molecule has 0 saturated heterocycles. The van der Waals surface area contributed by atoms with Crippen molar-refractivity contribution < 1.29 is 18.3 Å². The van der Waals surface area contributed by atoms with Gasteiger partial charge < -0.3 is 10.8 Å². The van der Waals surface area contributed by atoms with Gasteiger partial charge in [0.05, 0.1) is 6.10 Å². The van der Waals surface area contributed by atoms with Crippen molar-refractivity contribution in [1.29, 1.82) is 0 Å². The average Bonchev–Trinajstić information content (AvgIpc) is 2.17. The first kappa shape index (κ1) is 15.2. The van der Waals surface area contributed by atoms with E-state index in [0.29, 0.717) is 5.56 Å². The number of benzene rings is 1. The highest BCUT2D eigenvalue weighted by Crippen LogP contribution is 2.26. The van der Waals surface area contributed by atoms with Gasteiger partial charge in [-0.3, -0.25) is 0 Å². The Balaban J connectivity index is 0.00000225. The van der Waals surface area contributed by atoms with Crippen LogP contribution in [-0.4, -0.2) is 17.3 Å². The van der Waals surface area contributed by atoms with E-state index in [1.807, 2.05) is 0 Å². The predicted octanol–water partition coefficient (Wildman–Crippen LogP) is 2.42. The quantitative estimate of drug-likeness (QED) is 0.871. The van der Waals surface area contributed by atoms with Crippen LogP contribution in [0.15, 0.2) is 30.3 Å². The van der Waals surface area contributed by atoms with Crippen molar-refractivity contribution in [3.8, 4) is 0 Å². The van der Waals surface area contributed by atoms with Crippen LogP contribution >= 0.6 is 12.4 Å². The molecule has 0 unspecified atom stereocenters. The summed E-state index contributed by atoms with van der Waals surface area (Å²) in [6.07, 6.45) is -6.16. The van der Waals surface area contributed by atoms with Crippen LogP contribution in [0.5, 0.6) is 0 Å². The Labute approximate surface area is 97.7 Å². The Hall–Kier alpha value is -0.780. The molecule has 2 atom stereocenters. The van der Waals surface area contributed by atoms with Crippen LogP contribution in [0.1, 0.15) is 18.1 Å². The summed E-state index contributed by atoms with van der Waals surface area (Å²) in [7, 11) is 0. The zero-order chi connectivity index (χ0) is 11.5. The molecule has 92 valence electrons. The predicted molar refractivity (Wildman–Crippen MR) is 57.3 cm³/mol. The van der Waals surface area contributed by atoms with Gasteiger partial charge in [-0.2, -0.15) is 13.2 Å². The van der Waals surface area contributed by atoms with E-state index in [2.05, 4.69) is 0 Å². The number of nitrogens with two attached hydrogens (primary N) is 1. The number of aliphatic hydroxyl groups excluding tert-OH is 1. The molecule has 6 heteroatoms. The minimum atomic E-state index is -4.46. The van der Waals surface area contributed by atoms with Gasteiger partial charge in [-0.25, -0.2) is 0 Å². The monoisotopic (exact) mass is 255 g/mol. The van der Waals surface area contributed by atoms with Gasteiger partial charge >= 0.3 is 6.18 Å². The normalized spacial score (nSPS) is 15.1. The molecule has 0 saturated carbocycles. The van der Waals surface area contributed by atoms with E-state index in [0.717, 1.165) is 0 Å². The van der Waals surface area contributed by atoms with Crippen molar-refractivity contribution >= 4 is 12.4 Å². The summed E-state index contributed by atoms with van der Waals surface area (Å²) in [5.41, 5.74) is 5.35. The lowest BCUT2D eigenvalue weighted by Gasteiger charge is -2.19. The lowest BCUT2D eigenvalue weighted by molar-refractivity contribution is -0.153. The lowest BCUT2D eigenvalue weighted by atomic mass is 10.0. The molecule has 0 fully saturated rings. The summed E-state index contributed by atoms with van der Waals surface area (Å²) in [5.74, 6) is 0. The number of alkyl halides is 3. The molecule has 2 nitrogen and oxygen atoms in total. The van der Waals surface area contributed by atoms with Crippen molar-refractivity contribution in [2.24, 2.45) is 5.73 Å². The zero-order valence-electron chi connectivity index (χ0n) is 8.32. The largest absolute Gasteiger partial charge is 0.403 e. The van der Waals surface area contributed by atoms with Crippen LogP contribution in [0, 0.1) is 0 Å². The van der Waals surface area contributed by atoms with Gasteiger partial charge in [-0.05, 0) is 5.56 Å². The van der Waals surface area contributed by atoms with Gasteiger partial charge in [0.15, 0.2) is 0 Å². The fraction of sp³-hybridized carbons (Fsp3) is 0.400. The molecule has 3 N–H and O–H groups in total. The second kappa shape index (κ2) is 6.08. The third kappa shape index (κ3) is 4.38. The van der Waals surface area contributed by atoms with Gasteiger partial charge in [0.1, 0.15) is 6.04 Å². The SMILES string of the molecule is Cl.N[C@H](C[C@@H](O)c1ccccc1)C(F)(F)F. The van der Waals surface area contributed by atoms with Crippen LogP contribution < -0.4 is 5.73 Å². The summed E-state index contributed by atoms with van der Waals surface area (Å²) >= 11 is 0. The van der Waals surface area contributed by atoms with Crippen molar-refractivity contribution in [3.05, 3.63) is 35.9 Å². The van der Waals surface area contributed by atoms with Gasteiger partial charge in [-0.1, -0.05) is 30.3 Å². The molecule has 0 heterocycles. The average molecular weight is 256 g/mol. The van der Waals surface area contributed by atoms with Gasteiger partial charge in [0.2, 0.25) is 0 Å². The molecule has 1 aromatic carbocycles. The third-order valence-corrected chi connectivity index (χ3v) is 2.08. The molecule has 0 spiro atoms. The highest BCUT2D eigenvalue weighted by Gasteiger charge is 2.37. The molecular formula is C10H13ClF3NO. The highest BCUT2D eigenvalue weighted by molar-refractivity contribution is 5.85. The fourth-order valence-corrected chi connectivity index (χ4v) is 1.19. The van der Waals surface area contributed by atoms with E-state index < -0.39 is 24.7 Å². The first-order valence-corrected chi connectivity index (χ1v) is 4.46. The standard InChI is InChI=1S/C10H12F3NO.ClH/c11-10(12,13)9(14)6-8(15)7-4-2-1-3-5-7;/h1-5,8-9,15H,6,14H2;1H/t8-,9-;/m1./s1. The van der Waals surface area contributed by atoms with Crippen LogP contribution in [0.4, 0.5) is 13.2 Å². The number of halogens is 4. The van der Waals surface area contributed by atoms with Crippen molar-refractivity contribution in [3.63, 3.8) is 0 Å². The van der Waals surface area contributed by atoms with Gasteiger partial charge in [0, 0.05) is 6.42 Å². The molecular weight excluding hydrogens is 243 g/mol. The summed E-state index contributed by atoms with van der Waals surface area (Å²) in [6.45, 7) is 0. The van der Waals surface area contributed by atoms with Crippen molar-refractivity contribution in [1.82, 2.24) is 0 Å². The molecule has 0 aliphatic heterocycles. The topological polar surface area (TPSA) is 46.2 Å². The second-order valence-electron chi connectivity index (χ2n) is 3.31. The second-order valence-corrected chi connectivity index (χ2v) is 3.31. The lowest BCUT2D eigenvalue weighted by Crippen LogP contribution is -2.38. The molecule has 0 radical (unpaired) electrons. The van der Waals surface area contributed by atoms with Crippen LogP contribution in [0.25, 0.3) is 0 Å². The summed E-state index contributed by atoms with van der Waals surface area (Å²) < 4.78 is 36.3. The maximum Gasteiger partial charge on any atom is 0.403 e. The first-order valence-electron chi connectivity index (χ1n) is 4.46. The minimum absolute atomic E-state index is 0.